The molecule has 0 aliphatic carbocycles. The summed E-state index contributed by atoms with van der Waals surface area (Å²) in [7, 11) is 0. The molecule has 0 aliphatic rings. The third-order valence-electron chi connectivity index (χ3n) is 1.96. The normalized spacial score (nSPS) is 12.5. The van der Waals surface area contributed by atoms with Crippen molar-refractivity contribution in [3.63, 3.8) is 0 Å². The lowest BCUT2D eigenvalue weighted by Gasteiger charge is -2.13. The van der Waals surface area contributed by atoms with Crippen LogP contribution in [0.25, 0.3) is 0 Å². The van der Waals surface area contributed by atoms with Crippen molar-refractivity contribution in [2.75, 3.05) is 11.2 Å². The van der Waals surface area contributed by atoms with Gasteiger partial charge in [0, 0.05) is 11.9 Å². The van der Waals surface area contributed by atoms with E-state index in [-0.39, 0.29) is 0 Å². The molecule has 1 heterocycles. The van der Waals surface area contributed by atoms with Crippen molar-refractivity contribution in [2.45, 2.75) is 32.7 Å². The summed E-state index contributed by atoms with van der Waals surface area (Å²) in [6.45, 7) is 4.12. The van der Waals surface area contributed by atoms with Gasteiger partial charge in [0.15, 0.2) is 0 Å². The van der Waals surface area contributed by atoms with Crippen LogP contribution in [0.2, 0.25) is 0 Å². The zero-order valence-corrected chi connectivity index (χ0v) is 9.38. The van der Waals surface area contributed by atoms with Crippen LogP contribution in [0.4, 0.5) is 5.82 Å². The van der Waals surface area contributed by atoms with Gasteiger partial charge in [0.1, 0.15) is 5.82 Å². The second-order valence-corrected chi connectivity index (χ2v) is 3.87. The van der Waals surface area contributed by atoms with Crippen molar-refractivity contribution >= 4 is 17.4 Å². The van der Waals surface area contributed by atoms with Gasteiger partial charge in [-0.05, 0) is 38.3 Å². The average molecular weight is 214 g/mol. The van der Waals surface area contributed by atoms with E-state index in [1.807, 2.05) is 13.0 Å². The molecule has 0 aromatic carbocycles. The Morgan fingerprint density at radius 2 is 2.36 bits per heavy atom. The van der Waals surface area contributed by atoms with E-state index in [1.54, 1.807) is 6.20 Å². The first kappa shape index (κ1) is 11.2. The van der Waals surface area contributed by atoms with Gasteiger partial charge in [-0.2, -0.15) is 5.10 Å². The predicted octanol–water partition coefficient (Wildman–Crippen LogP) is 2.60. The summed E-state index contributed by atoms with van der Waals surface area (Å²) in [5, 5.41) is 11.2. The molecule has 0 radical (unpaired) electrons. The standard InChI is InChI=1S/C10H16ClN3/c1-8-6-10(14-12-7-8)13-9(2)4-3-5-11/h6-7,9H,3-5H2,1-2H3,(H,13,14). The highest BCUT2D eigenvalue weighted by molar-refractivity contribution is 6.17. The van der Waals surface area contributed by atoms with E-state index in [0.29, 0.717) is 11.9 Å². The zero-order valence-electron chi connectivity index (χ0n) is 8.63. The van der Waals surface area contributed by atoms with E-state index >= 15 is 0 Å². The van der Waals surface area contributed by atoms with Gasteiger partial charge < -0.3 is 5.32 Å². The molecule has 1 aromatic heterocycles. The molecule has 0 bridgehead atoms. The minimum atomic E-state index is 0.393. The van der Waals surface area contributed by atoms with Gasteiger partial charge >= 0.3 is 0 Å². The van der Waals surface area contributed by atoms with E-state index in [2.05, 4.69) is 22.4 Å². The minimum absolute atomic E-state index is 0.393. The monoisotopic (exact) mass is 213 g/mol. The number of nitrogens with one attached hydrogen (secondary N) is 1. The Hall–Kier alpha value is -0.830. The van der Waals surface area contributed by atoms with Crippen LogP contribution in [0, 0.1) is 6.92 Å². The highest BCUT2D eigenvalue weighted by Crippen LogP contribution is 2.08. The molecule has 14 heavy (non-hydrogen) atoms. The number of aryl methyl sites for hydroxylation is 1. The second kappa shape index (κ2) is 5.81. The molecule has 3 nitrogen and oxygen atoms in total. The number of halogens is 1. The predicted molar refractivity (Wildman–Crippen MR) is 59.8 cm³/mol. The number of aromatic nitrogens is 2. The first-order chi connectivity index (χ1) is 6.72. The molecule has 1 N–H and O–H groups in total. The van der Waals surface area contributed by atoms with E-state index in [0.717, 1.165) is 24.2 Å². The van der Waals surface area contributed by atoms with Crippen molar-refractivity contribution in [1.82, 2.24) is 10.2 Å². The molecule has 4 heteroatoms. The first-order valence-electron chi connectivity index (χ1n) is 4.84. The lowest BCUT2D eigenvalue weighted by molar-refractivity contribution is 0.688. The van der Waals surface area contributed by atoms with Crippen molar-refractivity contribution in [2.24, 2.45) is 0 Å². The number of hydrogen-bond donors (Lipinski definition) is 1. The third kappa shape index (κ3) is 3.92. The SMILES string of the molecule is Cc1cnnc(NC(C)CCCCl)c1. The summed E-state index contributed by atoms with van der Waals surface area (Å²) in [6.07, 6.45) is 3.82. The largest absolute Gasteiger partial charge is 0.366 e. The van der Waals surface area contributed by atoms with Crippen molar-refractivity contribution < 1.29 is 0 Å². The Kier molecular flexibility index (Phi) is 4.66. The summed E-state index contributed by atoms with van der Waals surface area (Å²) >= 11 is 5.62. The molecule has 1 aromatic rings. The smallest absolute Gasteiger partial charge is 0.149 e. The molecule has 1 rings (SSSR count). The van der Waals surface area contributed by atoms with Gasteiger partial charge in [-0.15, -0.1) is 16.7 Å². The van der Waals surface area contributed by atoms with Gasteiger partial charge in [0.25, 0.3) is 0 Å². The van der Waals surface area contributed by atoms with Gasteiger partial charge in [0.2, 0.25) is 0 Å². The van der Waals surface area contributed by atoms with Crippen LogP contribution in [-0.4, -0.2) is 22.1 Å². The molecule has 0 spiro atoms. The van der Waals surface area contributed by atoms with Crippen LogP contribution in [0.5, 0.6) is 0 Å². The Balaban J connectivity index is 2.43. The molecule has 0 fully saturated rings. The van der Waals surface area contributed by atoms with Crippen LogP contribution >= 0.6 is 11.6 Å². The van der Waals surface area contributed by atoms with Crippen molar-refractivity contribution in [3.05, 3.63) is 17.8 Å². The Morgan fingerprint density at radius 3 is 3.00 bits per heavy atom. The lowest BCUT2D eigenvalue weighted by Crippen LogP contribution is -2.16. The van der Waals surface area contributed by atoms with Crippen molar-refractivity contribution in [1.29, 1.82) is 0 Å². The third-order valence-corrected chi connectivity index (χ3v) is 2.22. The quantitative estimate of drug-likeness (QED) is 0.765. The molecular formula is C10H16ClN3. The maximum atomic E-state index is 5.62. The van der Waals surface area contributed by atoms with E-state index < -0.39 is 0 Å². The Bertz CT molecular complexity index is 278. The summed E-state index contributed by atoms with van der Waals surface area (Å²) < 4.78 is 0. The summed E-state index contributed by atoms with van der Waals surface area (Å²) in [5.41, 5.74) is 1.12. The molecule has 0 aliphatic heterocycles. The fourth-order valence-corrected chi connectivity index (χ4v) is 1.40. The van der Waals surface area contributed by atoms with E-state index in [4.69, 9.17) is 11.6 Å². The Labute approximate surface area is 89.9 Å². The van der Waals surface area contributed by atoms with Gasteiger partial charge in [-0.1, -0.05) is 0 Å². The summed E-state index contributed by atoms with van der Waals surface area (Å²) in [6, 6.07) is 2.38. The zero-order chi connectivity index (χ0) is 10.4. The van der Waals surface area contributed by atoms with E-state index in [1.165, 1.54) is 0 Å². The average Bonchev–Trinajstić information content (AvgIpc) is 2.15. The van der Waals surface area contributed by atoms with Crippen LogP contribution in [0.1, 0.15) is 25.3 Å². The molecule has 78 valence electrons. The fourth-order valence-electron chi connectivity index (χ4n) is 1.24. The molecule has 1 unspecified atom stereocenters. The van der Waals surface area contributed by atoms with Gasteiger partial charge in [-0.3, -0.25) is 0 Å². The lowest BCUT2D eigenvalue weighted by atomic mass is 10.2. The Morgan fingerprint density at radius 1 is 1.57 bits per heavy atom. The number of alkyl halides is 1. The fraction of sp³-hybridized carbons (Fsp3) is 0.600. The van der Waals surface area contributed by atoms with Crippen LogP contribution in [0.3, 0.4) is 0 Å². The van der Waals surface area contributed by atoms with Gasteiger partial charge in [-0.25, -0.2) is 0 Å². The number of hydrogen-bond acceptors (Lipinski definition) is 3. The minimum Gasteiger partial charge on any atom is -0.366 e. The number of nitrogens with zero attached hydrogens (tertiary/aromatic N) is 2. The van der Waals surface area contributed by atoms with Crippen molar-refractivity contribution in [3.8, 4) is 0 Å². The molecular weight excluding hydrogens is 198 g/mol. The number of rotatable bonds is 5. The van der Waals surface area contributed by atoms with Gasteiger partial charge in [0.05, 0.1) is 6.20 Å². The second-order valence-electron chi connectivity index (χ2n) is 3.49. The topological polar surface area (TPSA) is 37.8 Å². The van der Waals surface area contributed by atoms with Crippen LogP contribution in [-0.2, 0) is 0 Å². The first-order valence-corrected chi connectivity index (χ1v) is 5.37. The van der Waals surface area contributed by atoms with Crippen LogP contribution < -0.4 is 5.32 Å². The van der Waals surface area contributed by atoms with Crippen LogP contribution in [0.15, 0.2) is 12.3 Å². The molecule has 0 saturated heterocycles. The molecule has 0 amide bonds. The maximum absolute atomic E-state index is 5.62. The maximum Gasteiger partial charge on any atom is 0.149 e. The summed E-state index contributed by atoms with van der Waals surface area (Å²) in [4.78, 5) is 0. The molecule has 1 atom stereocenters. The highest BCUT2D eigenvalue weighted by Gasteiger charge is 2.02. The highest BCUT2D eigenvalue weighted by atomic mass is 35.5. The number of anilines is 1. The van der Waals surface area contributed by atoms with E-state index in [9.17, 15) is 0 Å². The molecule has 0 saturated carbocycles. The summed E-state index contributed by atoms with van der Waals surface area (Å²) in [5.74, 6) is 1.55.